The number of hydrogen-bond donors (Lipinski definition) is 2. The Kier molecular flexibility index (Phi) is 3.52. The van der Waals surface area contributed by atoms with Crippen molar-refractivity contribution in [3.8, 4) is 0 Å². The van der Waals surface area contributed by atoms with Crippen molar-refractivity contribution >= 4 is 5.95 Å². The molecule has 1 aromatic carbocycles. The van der Waals surface area contributed by atoms with Crippen LogP contribution in [0.15, 0.2) is 35.1 Å². The van der Waals surface area contributed by atoms with Crippen molar-refractivity contribution in [2.24, 2.45) is 0 Å². The van der Waals surface area contributed by atoms with Crippen molar-refractivity contribution in [1.82, 2.24) is 14.9 Å². The number of H-pyrrole nitrogens is 1. The molecule has 1 aliphatic rings. The number of aromatic amines is 1. The number of anilines is 1. The molecular weight excluding hydrogens is 252 g/mol. The van der Waals surface area contributed by atoms with Gasteiger partial charge in [0.25, 0.3) is 5.56 Å². The fraction of sp³-hybridized carbons (Fsp3) is 0.333. The predicted octanol–water partition coefficient (Wildman–Crippen LogP) is 1.37. The smallest absolute Gasteiger partial charge is 0.257 e. The van der Waals surface area contributed by atoms with Crippen molar-refractivity contribution in [2.45, 2.75) is 19.5 Å². The molecule has 0 fully saturated rings. The highest BCUT2D eigenvalue weighted by Gasteiger charge is 2.18. The van der Waals surface area contributed by atoms with Gasteiger partial charge in [-0.3, -0.25) is 9.78 Å². The van der Waals surface area contributed by atoms with Gasteiger partial charge in [-0.25, -0.2) is 4.98 Å². The number of fused-ring (bicyclic) bond motifs is 1. The molecule has 2 N–H and O–H groups in total. The molecule has 0 spiro atoms. The lowest BCUT2D eigenvalue weighted by atomic mass is 10.1. The van der Waals surface area contributed by atoms with Gasteiger partial charge in [-0.1, -0.05) is 30.3 Å². The largest absolute Gasteiger partial charge is 0.352 e. The summed E-state index contributed by atoms with van der Waals surface area (Å²) < 4.78 is 0. The Morgan fingerprint density at radius 3 is 2.95 bits per heavy atom. The van der Waals surface area contributed by atoms with Crippen molar-refractivity contribution in [1.29, 1.82) is 0 Å². The molecule has 3 rings (SSSR count). The Morgan fingerprint density at radius 1 is 1.35 bits per heavy atom. The molecule has 0 saturated heterocycles. The quantitative estimate of drug-likeness (QED) is 0.884. The van der Waals surface area contributed by atoms with Crippen LogP contribution in [0.25, 0.3) is 0 Å². The number of aromatic nitrogens is 2. The standard InChI is InChI=1S/C15H18N4O/c1-19-8-7-13-12(10-19)14(20)18-15(17-13)16-9-11-5-3-2-4-6-11/h2-6H,7-10H2,1H3,(H2,16,17,18,20). The first-order chi connectivity index (χ1) is 9.72. The summed E-state index contributed by atoms with van der Waals surface area (Å²) in [5.41, 5.74) is 2.84. The molecule has 104 valence electrons. The fourth-order valence-corrected chi connectivity index (χ4v) is 2.43. The van der Waals surface area contributed by atoms with E-state index in [4.69, 9.17) is 0 Å². The third-order valence-electron chi connectivity index (χ3n) is 3.56. The lowest BCUT2D eigenvalue weighted by Crippen LogP contribution is -2.33. The van der Waals surface area contributed by atoms with Crippen molar-refractivity contribution in [2.75, 3.05) is 18.9 Å². The molecule has 5 nitrogen and oxygen atoms in total. The molecule has 0 aliphatic carbocycles. The van der Waals surface area contributed by atoms with E-state index >= 15 is 0 Å². The van der Waals surface area contributed by atoms with E-state index in [2.05, 4.69) is 20.2 Å². The van der Waals surface area contributed by atoms with E-state index in [1.54, 1.807) is 0 Å². The number of hydrogen-bond acceptors (Lipinski definition) is 4. The molecule has 0 amide bonds. The van der Waals surface area contributed by atoms with E-state index in [1.165, 1.54) is 0 Å². The second kappa shape index (κ2) is 5.46. The summed E-state index contributed by atoms with van der Waals surface area (Å²) in [6, 6.07) is 10.1. The molecule has 5 heteroatoms. The zero-order valence-electron chi connectivity index (χ0n) is 11.5. The topological polar surface area (TPSA) is 61.0 Å². The molecule has 0 radical (unpaired) electrons. The minimum atomic E-state index is -0.0305. The van der Waals surface area contributed by atoms with E-state index in [9.17, 15) is 4.79 Å². The molecule has 2 aromatic rings. The minimum absolute atomic E-state index is 0.0305. The first-order valence-electron chi connectivity index (χ1n) is 6.81. The second-order valence-electron chi connectivity index (χ2n) is 5.17. The summed E-state index contributed by atoms with van der Waals surface area (Å²) in [5, 5.41) is 3.18. The summed E-state index contributed by atoms with van der Waals surface area (Å²) in [6.07, 6.45) is 0.829. The SMILES string of the molecule is CN1CCc2nc(NCc3ccccc3)[nH]c(=O)c2C1. The molecule has 2 heterocycles. The lowest BCUT2D eigenvalue weighted by molar-refractivity contribution is 0.307. The Morgan fingerprint density at radius 2 is 2.15 bits per heavy atom. The Hall–Kier alpha value is -2.14. The molecule has 20 heavy (non-hydrogen) atoms. The van der Waals surface area contributed by atoms with Crippen LogP contribution in [0.1, 0.15) is 16.8 Å². The van der Waals surface area contributed by atoms with Crippen molar-refractivity contribution < 1.29 is 0 Å². The van der Waals surface area contributed by atoms with Crippen LogP contribution in [0.5, 0.6) is 0 Å². The second-order valence-corrected chi connectivity index (χ2v) is 5.17. The summed E-state index contributed by atoms with van der Waals surface area (Å²) in [5.74, 6) is 0.558. The third-order valence-corrected chi connectivity index (χ3v) is 3.56. The molecule has 1 aliphatic heterocycles. The van der Waals surface area contributed by atoms with Gasteiger partial charge in [0.2, 0.25) is 5.95 Å². The number of likely N-dealkylation sites (N-methyl/N-ethyl adjacent to an activating group) is 1. The van der Waals surface area contributed by atoms with Crippen LogP contribution in [-0.4, -0.2) is 28.5 Å². The van der Waals surface area contributed by atoms with Crippen molar-refractivity contribution in [3.05, 3.63) is 57.5 Å². The predicted molar refractivity (Wildman–Crippen MR) is 78.7 cm³/mol. The van der Waals surface area contributed by atoms with Crippen LogP contribution in [0, 0.1) is 0 Å². The van der Waals surface area contributed by atoms with Gasteiger partial charge in [0.1, 0.15) is 0 Å². The van der Waals surface area contributed by atoms with Gasteiger partial charge in [-0.05, 0) is 12.6 Å². The highest BCUT2D eigenvalue weighted by Crippen LogP contribution is 2.13. The molecule has 1 aromatic heterocycles. The van der Waals surface area contributed by atoms with Gasteiger partial charge in [-0.2, -0.15) is 0 Å². The van der Waals surface area contributed by atoms with Crippen LogP contribution < -0.4 is 10.9 Å². The van der Waals surface area contributed by atoms with Gasteiger partial charge in [0, 0.05) is 26.1 Å². The van der Waals surface area contributed by atoms with Crippen LogP contribution in [-0.2, 0) is 19.5 Å². The lowest BCUT2D eigenvalue weighted by Gasteiger charge is -2.23. The Labute approximate surface area is 117 Å². The Bertz CT molecular complexity index is 651. The molecule has 0 unspecified atom stereocenters. The van der Waals surface area contributed by atoms with Crippen molar-refractivity contribution in [3.63, 3.8) is 0 Å². The number of nitrogens with zero attached hydrogens (tertiary/aromatic N) is 2. The summed E-state index contributed by atoms with van der Waals surface area (Å²) >= 11 is 0. The van der Waals surface area contributed by atoms with E-state index in [-0.39, 0.29) is 5.56 Å². The average Bonchev–Trinajstić information content (AvgIpc) is 2.47. The summed E-state index contributed by atoms with van der Waals surface area (Å²) in [7, 11) is 2.02. The maximum Gasteiger partial charge on any atom is 0.257 e. The van der Waals surface area contributed by atoms with Gasteiger partial charge in [0.15, 0.2) is 0 Å². The van der Waals surface area contributed by atoms with Gasteiger partial charge in [-0.15, -0.1) is 0 Å². The van der Waals surface area contributed by atoms with Crippen LogP contribution in [0.4, 0.5) is 5.95 Å². The minimum Gasteiger partial charge on any atom is -0.352 e. The molecule has 0 atom stereocenters. The average molecular weight is 270 g/mol. The van der Waals surface area contributed by atoms with Crippen LogP contribution >= 0.6 is 0 Å². The number of nitrogens with one attached hydrogen (secondary N) is 2. The van der Waals surface area contributed by atoms with Gasteiger partial charge < -0.3 is 10.2 Å². The van der Waals surface area contributed by atoms with E-state index in [0.29, 0.717) is 19.0 Å². The van der Waals surface area contributed by atoms with E-state index in [0.717, 1.165) is 29.8 Å². The molecule has 0 saturated carbocycles. The Balaban J connectivity index is 1.78. The number of benzene rings is 1. The molecular formula is C15H18N4O. The monoisotopic (exact) mass is 270 g/mol. The summed E-state index contributed by atoms with van der Waals surface area (Å²) in [4.78, 5) is 21.6. The maximum absolute atomic E-state index is 12.1. The van der Waals surface area contributed by atoms with Crippen LogP contribution in [0.2, 0.25) is 0 Å². The normalized spacial score (nSPS) is 14.8. The summed E-state index contributed by atoms with van der Waals surface area (Å²) in [6.45, 7) is 2.28. The highest BCUT2D eigenvalue weighted by molar-refractivity contribution is 5.32. The van der Waals surface area contributed by atoms with E-state index < -0.39 is 0 Å². The van der Waals surface area contributed by atoms with Gasteiger partial charge in [0.05, 0.1) is 11.3 Å². The zero-order valence-corrected chi connectivity index (χ0v) is 11.5. The van der Waals surface area contributed by atoms with Gasteiger partial charge >= 0.3 is 0 Å². The zero-order chi connectivity index (χ0) is 13.9. The van der Waals surface area contributed by atoms with Crippen LogP contribution in [0.3, 0.4) is 0 Å². The van der Waals surface area contributed by atoms with E-state index in [1.807, 2.05) is 37.4 Å². The highest BCUT2D eigenvalue weighted by atomic mass is 16.1. The molecule has 0 bridgehead atoms. The number of rotatable bonds is 3. The first-order valence-corrected chi connectivity index (χ1v) is 6.81. The first kappa shape index (κ1) is 12.9. The maximum atomic E-state index is 12.1. The third kappa shape index (κ3) is 2.72. The fourth-order valence-electron chi connectivity index (χ4n) is 2.43.